The predicted octanol–water partition coefficient (Wildman–Crippen LogP) is 1.96. The van der Waals surface area contributed by atoms with Crippen molar-refractivity contribution in [2.24, 2.45) is 7.05 Å². The van der Waals surface area contributed by atoms with Gasteiger partial charge in [0.15, 0.2) is 5.69 Å². The van der Waals surface area contributed by atoms with E-state index >= 15 is 0 Å². The summed E-state index contributed by atoms with van der Waals surface area (Å²) in [6.07, 6.45) is 2.19. The van der Waals surface area contributed by atoms with Crippen LogP contribution in [0.1, 0.15) is 18.2 Å². The first-order valence-electron chi connectivity index (χ1n) is 7.64. The number of anilines is 1. The van der Waals surface area contributed by atoms with Gasteiger partial charge in [-0.1, -0.05) is 25.1 Å². The summed E-state index contributed by atoms with van der Waals surface area (Å²) in [4.78, 5) is 24.4. The number of hydrogen-bond acceptors (Lipinski definition) is 5. The number of hydrogen-bond donors (Lipinski definition) is 1. The molecule has 2 aromatic rings. The monoisotopic (exact) mass is 331 g/mol. The highest BCUT2D eigenvalue weighted by Gasteiger charge is 2.20. The van der Waals surface area contributed by atoms with Gasteiger partial charge < -0.3 is 5.32 Å². The summed E-state index contributed by atoms with van der Waals surface area (Å²) >= 11 is 0. The van der Waals surface area contributed by atoms with Crippen molar-refractivity contribution in [1.82, 2.24) is 14.7 Å². The molecule has 2 rings (SSSR count). The van der Waals surface area contributed by atoms with Gasteiger partial charge in [0.2, 0.25) is 5.91 Å². The maximum atomic E-state index is 12.2. The molecule has 1 aromatic heterocycles. The molecule has 0 aliphatic carbocycles. The van der Waals surface area contributed by atoms with Crippen molar-refractivity contribution in [3.63, 3.8) is 0 Å². The van der Waals surface area contributed by atoms with Crippen LogP contribution in [-0.4, -0.2) is 39.1 Å². The van der Waals surface area contributed by atoms with E-state index < -0.39 is 4.92 Å². The molecule has 0 bridgehead atoms. The van der Waals surface area contributed by atoms with Crippen molar-refractivity contribution >= 4 is 17.3 Å². The summed E-state index contributed by atoms with van der Waals surface area (Å²) in [5.74, 6) is -0.169. The van der Waals surface area contributed by atoms with Crippen LogP contribution in [0.15, 0.2) is 30.5 Å². The van der Waals surface area contributed by atoms with Gasteiger partial charge >= 0.3 is 5.69 Å². The molecule has 1 heterocycles. The zero-order valence-corrected chi connectivity index (χ0v) is 14.0. The van der Waals surface area contributed by atoms with Crippen LogP contribution < -0.4 is 5.32 Å². The molecule has 0 fully saturated rings. The van der Waals surface area contributed by atoms with Gasteiger partial charge in [-0.25, -0.2) is 0 Å². The molecule has 1 N–H and O–H groups in total. The van der Waals surface area contributed by atoms with Crippen LogP contribution in [0.2, 0.25) is 0 Å². The zero-order chi connectivity index (χ0) is 17.7. The SMILES string of the molecule is CCc1ccccc1NC(=O)CN(C)Cc1nn(C)cc1[N+](=O)[O-]. The minimum Gasteiger partial charge on any atom is -0.325 e. The Bertz CT molecular complexity index is 741. The van der Waals surface area contributed by atoms with Crippen LogP contribution >= 0.6 is 0 Å². The molecule has 0 radical (unpaired) electrons. The highest BCUT2D eigenvalue weighted by atomic mass is 16.6. The number of amides is 1. The fourth-order valence-electron chi connectivity index (χ4n) is 2.48. The molecule has 24 heavy (non-hydrogen) atoms. The minimum atomic E-state index is -0.465. The number of para-hydroxylation sites is 1. The summed E-state index contributed by atoms with van der Waals surface area (Å²) in [6, 6.07) is 7.63. The number of aryl methyl sites for hydroxylation is 2. The number of likely N-dealkylation sites (N-methyl/N-ethyl adjacent to an activating group) is 1. The molecule has 1 aromatic carbocycles. The van der Waals surface area contributed by atoms with E-state index in [0.29, 0.717) is 5.69 Å². The maximum absolute atomic E-state index is 12.2. The highest BCUT2D eigenvalue weighted by Crippen LogP contribution is 2.18. The van der Waals surface area contributed by atoms with E-state index in [1.807, 2.05) is 31.2 Å². The van der Waals surface area contributed by atoms with E-state index in [9.17, 15) is 14.9 Å². The molecule has 0 atom stereocenters. The molecule has 0 aliphatic rings. The Balaban J connectivity index is 1.98. The van der Waals surface area contributed by atoms with Crippen molar-refractivity contribution in [2.45, 2.75) is 19.9 Å². The largest absolute Gasteiger partial charge is 0.325 e. The Morgan fingerprint density at radius 2 is 2.12 bits per heavy atom. The lowest BCUT2D eigenvalue weighted by molar-refractivity contribution is -0.385. The topological polar surface area (TPSA) is 93.3 Å². The Morgan fingerprint density at radius 3 is 2.79 bits per heavy atom. The predicted molar refractivity (Wildman–Crippen MR) is 90.6 cm³/mol. The molecule has 0 saturated carbocycles. The van der Waals surface area contributed by atoms with E-state index in [-0.39, 0.29) is 24.7 Å². The van der Waals surface area contributed by atoms with E-state index in [2.05, 4.69) is 10.4 Å². The van der Waals surface area contributed by atoms with Gasteiger partial charge in [0, 0.05) is 19.3 Å². The molecule has 0 saturated heterocycles. The molecule has 1 amide bonds. The third-order valence-corrected chi connectivity index (χ3v) is 3.59. The molecule has 8 nitrogen and oxygen atoms in total. The van der Waals surface area contributed by atoms with Crippen LogP contribution in [0, 0.1) is 10.1 Å². The van der Waals surface area contributed by atoms with Gasteiger partial charge in [-0.05, 0) is 25.1 Å². The van der Waals surface area contributed by atoms with Crippen LogP contribution in [-0.2, 0) is 24.8 Å². The van der Waals surface area contributed by atoms with Crippen molar-refractivity contribution in [3.05, 3.63) is 51.8 Å². The molecular weight excluding hydrogens is 310 g/mol. The molecule has 8 heteroatoms. The van der Waals surface area contributed by atoms with Crippen molar-refractivity contribution in [2.75, 3.05) is 18.9 Å². The summed E-state index contributed by atoms with van der Waals surface area (Å²) in [5.41, 5.74) is 2.16. The van der Waals surface area contributed by atoms with E-state index in [0.717, 1.165) is 17.7 Å². The van der Waals surface area contributed by atoms with E-state index in [1.165, 1.54) is 10.9 Å². The van der Waals surface area contributed by atoms with Crippen molar-refractivity contribution in [1.29, 1.82) is 0 Å². The first-order chi connectivity index (χ1) is 11.4. The molecule has 128 valence electrons. The molecular formula is C16H21N5O3. The second-order valence-electron chi connectivity index (χ2n) is 5.62. The van der Waals surface area contributed by atoms with Gasteiger partial charge in [-0.15, -0.1) is 0 Å². The highest BCUT2D eigenvalue weighted by molar-refractivity contribution is 5.92. The standard InChI is InChI=1S/C16H21N5O3/c1-4-12-7-5-6-8-13(12)17-16(22)11-19(2)9-14-15(21(23)24)10-20(3)18-14/h5-8,10H,4,9,11H2,1-3H3,(H,17,22). The van der Waals surface area contributed by atoms with Crippen LogP contribution in [0.4, 0.5) is 11.4 Å². The lowest BCUT2D eigenvalue weighted by Crippen LogP contribution is -2.30. The number of nitrogens with one attached hydrogen (secondary N) is 1. The van der Waals surface area contributed by atoms with Gasteiger partial charge in [-0.2, -0.15) is 5.10 Å². The number of carbonyl (C=O) groups excluding carboxylic acids is 1. The number of nitrogens with zero attached hydrogens (tertiary/aromatic N) is 4. The summed E-state index contributed by atoms with van der Waals surface area (Å²) < 4.78 is 1.40. The van der Waals surface area contributed by atoms with E-state index in [1.54, 1.807) is 19.0 Å². The number of aromatic nitrogens is 2. The Labute approximate surface area is 140 Å². The van der Waals surface area contributed by atoms with Crippen LogP contribution in [0.5, 0.6) is 0 Å². The van der Waals surface area contributed by atoms with E-state index in [4.69, 9.17) is 0 Å². The van der Waals surface area contributed by atoms with Gasteiger partial charge in [-0.3, -0.25) is 24.5 Å². The number of nitro groups is 1. The fourth-order valence-corrected chi connectivity index (χ4v) is 2.48. The molecule has 0 unspecified atom stereocenters. The van der Waals surface area contributed by atoms with Crippen molar-refractivity contribution < 1.29 is 9.72 Å². The lowest BCUT2D eigenvalue weighted by atomic mass is 10.1. The van der Waals surface area contributed by atoms with Gasteiger partial charge in [0.05, 0.1) is 11.5 Å². The zero-order valence-electron chi connectivity index (χ0n) is 14.0. The second kappa shape index (κ2) is 7.69. The normalized spacial score (nSPS) is 10.8. The summed E-state index contributed by atoms with van der Waals surface area (Å²) in [5, 5.41) is 18.0. The van der Waals surface area contributed by atoms with Crippen molar-refractivity contribution in [3.8, 4) is 0 Å². The number of rotatable bonds is 7. The smallest absolute Gasteiger partial charge is 0.311 e. The quantitative estimate of drug-likeness (QED) is 0.618. The van der Waals surface area contributed by atoms with Crippen LogP contribution in [0.25, 0.3) is 0 Å². The average molecular weight is 331 g/mol. The molecule has 0 spiro atoms. The van der Waals surface area contributed by atoms with Gasteiger partial charge in [0.25, 0.3) is 0 Å². The first kappa shape index (κ1) is 17.6. The van der Waals surface area contributed by atoms with Gasteiger partial charge in [0.1, 0.15) is 6.20 Å². The van der Waals surface area contributed by atoms with Crippen LogP contribution in [0.3, 0.4) is 0 Å². The second-order valence-corrected chi connectivity index (χ2v) is 5.62. The minimum absolute atomic E-state index is 0.0407. The Morgan fingerprint density at radius 1 is 1.42 bits per heavy atom. The summed E-state index contributed by atoms with van der Waals surface area (Å²) in [6.45, 7) is 2.36. The molecule has 0 aliphatic heterocycles. The number of benzene rings is 1. The Hall–Kier alpha value is -2.74. The maximum Gasteiger partial charge on any atom is 0.311 e. The third-order valence-electron chi connectivity index (χ3n) is 3.59. The number of carbonyl (C=O) groups is 1. The lowest BCUT2D eigenvalue weighted by Gasteiger charge is -2.16. The fraction of sp³-hybridized carbons (Fsp3) is 0.375. The third kappa shape index (κ3) is 4.39. The Kier molecular flexibility index (Phi) is 5.64. The first-order valence-corrected chi connectivity index (χ1v) is 7.64. The average Bonchev–Trinajstić information content (AvgIpc) is 2.88. The summed E-state index contributed by atoms with van der Waals surface area (Å²) in [7, 11) is 3.36.